The topological polar surface area (TPSA) is 86.0 Å². The molecule has 1 aromatic heterocycles. The minimum absolute atomic E-state index is 0.294. The highest BCUT2D eigenvalue weighted by Gasteiger charge is 2.24. The highest BCUT2D eigenvalue weighted by molar-refractivity contribution is 5.80. The fourth-order valence-electron chi connectivity index (χ4n) is 3.77. The molecule has 0 radical (unpaired) electrons. The van der Waals surface area contributed by atoms with E-state index < -0.39 is 0 Å². The molecule has 1 unspecified atom stereocenters. The maximum absolute atomic E-state index is 6.12. The van der Waals surface area contributed by atoms with Crippen LogP contribution in [0.1, 0.15) is 50.7 Å². The van der Waals surface area contributed by atoms with E-state index in [0.717, 1.165) is 95.8 Å². The average Bonchev–Trinajstić information content (AvgIpc) is 3.40. The summed E-state index contributed by atoms with van der Waals surface area (Å²) in [5.41, 5.74) is 0. The highest BCUT2D eigenvalue weighted by Crippen LogP contribution is 2.18. The fraction of sp³-hybridized carbons (Fsp3) is 0.857. The summed E-state index contributed by atoms with van der Waals surface area (Å²) < 4.78 is 19.2. The van der Waals surface area contributed by atoms with E-state index in [1.54, 1.807) is 0 Å². The van der Waals surface area contributed by atoms with Gasteiger partial charge in [0, 0.05) is 46.5 Å². The lowest BCUT2D eigenvalue weighted by Crippen LogP contribution is -2.47. The summed E-state index contributed by atoms with van der Waals surface area (Å²) in [7, 11) is 1.98. The standard InChI is InChI=1S/C21H38N6O3/c1-4-28-13-6-10-22-21(23-15-20-25-24-17(2)26(20)3)27-11-8-18(9-12-27)30-16-19-7-5-14-29-19/h18-19H,4-16H2,1-3H3,(H,22,23). The van der Waals surface area contributed by atoms with Crippen LogP contribution in [0.5, 0.6) is 0 Å². The fourth-order valence-corrected chi connectivity index (χ4v) is 3.77. The molecule has 0 aliphatic carbocycles. The number of rotatable bonds is 10. The van der Waals surface area contributed by atoms with Crippen LogP contribution < -0.4 is 5.32 Å². The number of aromatic nitrogens is 3. The number of hydrogen-bond acceptors (Lipinski definition) is 6. The van der Waals surface area contributed by atoms with Gasteiger partial charge in [-0.3, -0.25) is 0 Å². The molecule has 30 heavy (non-hydrogen) atoms. The van der Waals surface area contributed by atoms with Crippen LogP contribution >= 0.6 is 0 Å². The van der Waals surface area contributed by atoms with Crippen LogP contribution in [-0.4, -0.2) is 83.9 Å². The van der Waals surface area contributed by atoms with E-state index in [1.165, 1.54) is 0 Å². The Hall–Kier alpha value is -1.71. The first-order valence-corrected chi connectivity index (χ1v) is 11.4. The number of nitrogens with one attached hydrogen (secondary N) is 1. The van der Waals surface area contributed by atoms with Gasteiger partial charge in [0.1, 0.15) is 12.4 Å². The Labute approximate surface area is 180 Å². The van der Waals surface area contributed by atoms with E-state index in [4.69, 9.17) is 19.2 Å². The SMILES string of the molecule is CCOCCCNC(=NCc1nnc(C)n1C)N1CCC(OCC2CCCO2)CC1. The zero-order valence-electron chi connectivity index (χ0n) is 18.8. The molecule has 0 aromatic carbocycles. The predicted octanol–water partition coefficient (Wildman–Crippen LogP) is 1.66. The normalized spacial score (nSPS) is 20.8. The summed E-state index contributed by atoms with van der Waals surface area (Å²) in [6.07, 6.45) is 5.87. The minimum Gasteiger partial charge on any atom is -0.382 e. The van der Waals surface area contributed by atoms with Crippen molar-refractivity contribution >= 4 is 5.96 Å². The van der Waals surface area contributed by atoms with Crippen molar-refractivity contribution in [1.82, 2.24) is 25.0 Å². The zero-order valence-corrected chi connectivity index (χ0v) is 18.8. The summed E-state index contributed by atoms with van der Waals surface area (Å²) >= 11 is 0. The van der Waals surface area contributed by atoms with E-state index in [1.807, 2.05) is 25.5 Å². The van der Waals surface area contributed by atoms with E-state index in [9.17, 15) is 0 Å². The van der Waals surface area contributed by atoms with Crippen molar-refractivity contribution in [1.29, 1.82) is 0 Å². The Balaban J connectivity index is 1.50. The van der Waals surface area contributed by atoms with Gasteiger partial charge in [-0.1, -0.05) is 0 Å². The van der Waals surface area contributed by atoms with Gasteiger partial charge in [0.25, 0.3) is 0 Å². The van der Waals surface area contributed by atoms with Crippen molar-refractivity contribution in [2.24, 2.45) is 12.0 Å². The van der Waals surface area contributed by atoms with Gasteiger partial charge < -0.3 is 29.0 Å². The summed E-state index contributed by atoms with van der Waals surface area (Å²) in [4.78, 5) is 7.18. The summed E-state index contributed by atoms with van der Waals surface area (Å²) in [5.74, 6) is 2.70. The second-order valence-corrected chi connectivity index (χ2v) is 7.99. The molecule has 0 bridgehead atoms. The Kier molecular flexibility index (Phi) is 9.35. The number of piperidine rings is 1. The van der Waals surface area contributed by atoms with Crippen molar-refractivity contribution in [2.75, 3.05) is 46.1 Å². The van der Waals surface area contributed by atoms with E-state index in [-0.39, 0.29) is 0 Å². The van der Waals surface area contributed by atoms with Crippen LogP contribution in [-0.2, 0) is 27.8 Å². The average molecular weight is 423 g/mol. The number of aliphatic imine (C=N–C) groups is 1. The molecule has 2 aliphatic rings. The van der Waals surface area contributed by atoms with Crippen LogP contribution in [0.15, 0.2) is 4.99 Å². The van der Waals surface area contributed by atoms with Gasteiger partial charge in [0.05, 0.1) is 18.8 Å². The quantitative estimate of drug-likeness (QED) is 0.349. The number of hydrogen-bond donors (Lipinski definition) is 1. The molecule has 0 saturated carbocycles. The van der Waals surface area contributed by atoms with E-state index >= 15 is 0 Å². The maximum atomic E-state index is 6.12. The van der Waals surface area contributed by atoms with E-state index in [0.29, 0.717) is 18.8 Å². The van der Waals surface area contributed by atoms with Crippen molar-refractivity contribution in [3.63, 3.8) is 0 Å². The molecule has 2 aliphatic heterocycles. The lowest BCUT2D eigenvalue weighted by atomic mass is 10.1. The number of nitrogens with zero attached hydrogens (tertiary/aromatic N) is 5. The molecule has 1 aromatic rings. The molecule has 3 rings (SSSR count). The minimum atomic E-state index is 0.294. The molecule has 2 fully saturated rings. The second kappa shape index (κ2) is 12.2. The molecular formula is C21H38N6O3. The summed E-state index contributed by atoms with van der Waals surface area (Å²) in [6.45, 7) is 10.3. The molecule has 1 N–H and O–H groups in total. The third-order valence-electron chi connectivity index (χ3n) is 5.79. The third kappa shape index (κ3) is 6.92. The molecule has 9 heteroatoms. The van der Waals surface area contributed by atoms with Gasteiger partial charge in [-0.2, -0.15) is 0 Å². The first kappa shape index (κ1) is 23.0. The van der Waals surface area contributed by atoms with Gasteiger partial charge >= 0.3 is 0 Å². The monoisotopic (exact) mass is 422 g/mol. The number of ether oxygens (including phenoxy) is 3. The molecule has 0 spiro atoms. The molecule has 9 nitrogen and oxygen atoms in total. The van der Waals surface area contributed by atoms with Crippen LogP contribution in [0.3, 0.4) is 0 Å². The van der Waals surface area contributed by atoms with Crippen molar-refractivity contribution in [3.8, 4) is 0 Å². The van der Waals surface area contributed by atoms with Gasteiger partial charge in [-0.05, 0) is 46.0 Å². The van der Waals surface area contributed by atoms with Crippen molar-refractivity contribution < 1.29 is 14.2 Å². The highest BCUT2D eigenvalue weighted by atomic mass is 16.5. The third-order valence-corrected chi connectivity index (χ3v) is 5.79. The predicted molar refractivity (Wildman–Crippen MR) is 116 cm³/mol. The maximum Gasteiger partial charge on any atom is 0.194 e. The smallest absolute Gasteiger partial charge is 0.194 e. The van der Waals surface area contributed by atoms with Crippen molar-refractivity contribution in [3.05, 3.63) is 11.6 Å². The molecule has 2 saturated heterocycles. The molecular weight excluding hydrogens is 384 g/mol. The summed E-state index contributed by atoms with van der Waals surface area (Å²) in [5, 5.41) is 11.9. The first-order valence-electron chi connectivity index (χ1n) is 11.4. The molecule has 170 valence electrons. The lowest BCUT2D eigenvalue weighted by molar-refractivity contribution is -0.0367. The van der Waals surface area contributed by atoms with Gasteiger partial charge in [-0.25, -0.2) is 4.99 Å². The Morgan fingerprint density at radius 2 is 2.10 bits per heavy atom. The van der Waals surface area contributed by atoms with Crippen molar-refractivity contribution in [2.45, 2.75) is 64.7 Å². The van der Waals surface area contributed by atoms with Gasteiger partial charge in [0.15, 0.2) is 11.8 Å². The Morgan fingerprint density at radius 1 is 1.27 bits per heavy atom. The largest absolute Gasteiger partial charge is 0.382 e. The lowest BCUT2D eigenvalue weighted by Gasteiger charge is -2.34. The Bertz CT molecular complexity index is 651. The summed E-state index contributed by atoms with van der Waals surface area (Å²) in [6, 6.07) is 0. The molecule has 1 atom stereocenters. The van der Waals surface area contributed by atoms with Crippen LogP contribution in [0.2, 0.25) is 0 Å². The van der Waals surface area contributed by atoms with Gasteiger partial charge in [-0.15, -0.1) is 10.2 Å². The molecule has 0 amide bonds. The number of aryl methyl sites for hydroxylation is 1. The first-order chi connectivity index (χ1) is 14.7. The van der Waals surface area contributed by atoms with Crippen LogP contribution in [0.25, 0.3) is 0 Å². The molecule has 3 heterocycles. The van der Waals surface area contributed by atoms with E-state index in [2.05, 4.69) is 20.4 Å². The number of likely N-dealkylation sites (tertiary alicyclic amines) is 1. The van der Waals surface area contributed by atoms with Crippen LogP contribution in [0.4, 0.5) is 0 Å². The van der Waals surface area contributed by atoms with Crippen LogP contribution in [0, 0.1) is 6.92 Å². The Morgan fingerprint density at radius 3 is 2.77 bits per heavy atom. The number of guanidine groups is 1. The van der Waals surface area contributed by atoms with Gasteiger partial charge in [0.2, 0.25) is 0 Å². The zero-order chi connectivity index (χ0) is 21.2. The second-order valence-electron chi connectivity index (χ2n) is 7.99.